The van der Waals surface area contributed by atoms with Gasteiger partial charge in [0.2, 0.25) is 29.5 Å². The number of nitrogens with zero attached hydrogens (tertiary/aromatic N) is 3. The number of nitrogens with one attached hydrogen (secondary N) is 6. The van der Waals surface area contributed by atoms with Crippen molar-refractivity contribution < 1.29 is 43.5 Å². The van der Waals surface area contributed by atoms with Crippen LogP contribution in [0.15, 0.2) is 42.2 Å². The number of Topliss-reactive ketones (excluding diaryl/α,β-unsaturated/α-hetero) is 3. The first-order valence-corrected chi connectivity index (χ1v) is 24.8. The molecule has 0 saturated carbocycles. The second-order valence-corrected chi connectivity index (χ2v) is 19.1. The summed E-state index contributed by atoms with van der Waals surface area (Å²) in [4.78, 5) is 110. The van der Waals surface area contributed by atoms with Gasteiger partial charge in [0.15, 0.2) is 11.6 Å². The van der Waals surface area contributed by atoms with Crippen LogP contribution in [0.5, 0.6) is 0 Å². The lowest BCUT2D eigenvalue weighted by Crippen LogP contribution is -2.48. The molecule has 6 atom stereocenters. The normalized spacial score (nSPS) is 15.1. The molecular formula is C50H84N10O9. The Morgan fingerprint density at radius 3 is 2.12 bits per heavy atom. The standard InChI is InChI=1S/C50H84N10O9/c1-10-58(34(4)5)23-15-14-19-43(55-49(68)39(27-38-17-12-11-13-18-38)28-44(63)36(7)54-48(67)35(6)26-41(62)25-33(2)3)45(64)29-42(37(8)61)50(69)53-22-20-47(66)59(32-46(51)65)30-40-31-60(57-56-40)24-16-21-52-9/h11-13,17-18,31,33-37,39,42-43,52,56-57,61H,10,14-16,19-30,32H2,1-9H3,(H2,51,65)(H,53,69)(H,54,67)(H,55,68)/t35-,36+,37-,39?,42?,43+/m1/s1. The van der Waals surface area contributed by atoms with E-state index in [1.54, 1.807) is 20.0 Å². The molecule has 19 heteroatoms. The Morgan fingerprint density at radius 2 is 1.51 bits per heavy atom. The minimum atomic E-state index is -1.28. The van der Waals surface area contributed by atoms with Crippen LogP contribution in [0.3, 0.4) is 0 Å². The van der Waals surface area contributed by atoms with Crippen LogP contribution >= 0.6 is 0 Å². The Hall–Kier alpha value is -5.24. The van der Waals surface area contributed by atoms with Gasteiger partial charge in [-0.25, -0.2) is 0 Å². The van der Waals surface area contributed by atoms with Gasteiger partial charge in [-0.05, 0) is 98.0 Å². The maximum atomic E-state index is 14.3. The first-order chi connectivity index (χ1) is 32.6. The van der Waals surface area contributed by atoms with E-state index >= 15 is 0 Å². The Balaban J connectivity index is 2.25. The van der Waals surface area contributed by atoms with Crippen molar-refractivity contribution in [3.05, 3.63) is 47.8 Å². The molecule has 0 fully saturated rings. The van der Waals surface area contributed by atoms with Crippen molar-refractivity contribution in [2.24, 2.45) is 29.4 Å². The molecule has 1 heterocycles. The fourth-order valence-corrected chi connectivity index (χ4v) is 8.11. The lowest BCUT2D eigenvalue weighted by molar-refractivity contribution is -0.136. The monoisotopic (exact) mass is 969 g/mol. The molecule has 0 aliphatic carbocycles. The van der Waals surface area contributed by atoms with Crippen LogP contribution in [0.2, 0.25) is 0 Å². The van der Waals surface area contributed by atoms with Crippen LogP contribution in [0, 0.1) is 23.7 Å². The third kappa shape index (κ3) is 23.3. The topological polar surface area (TPSA) is 265 Å². The van der Waals surface area contributed by atoms with Gasteiger partial charge in [-0.15, -0.1) is 5.53 Å². The van der Waals surface area contributed by atoms with Gasteiger partial charge >= 0.3 is 0 Å². The minimum absolute atomic E-state index is 0.0391. The molecule has 0 radical (unpaired) electrons. The van der Waals surface area contributed by atoms with Crippen LogP contribution in [0.25, 0.3) is 0 Å². The molecular weight excluding hydrogens is 885 g/mol. The van der Waals surface area contributed by atoms with Crippen molar-refractivity contribution in [1.29, 1.82) is 0 Å². The van der Waals surface area contributed by atoms with Crippen LogP contribution in [-0.4, -0.2) is 144 Å². The maximum absolute atomic E-state index is 14.3. The molecule has 69 heavy (non-hydrogen) atoms. The van der Waals surface area contributed by atoms with E-state index in [1.165, 1.54) is 11.8 Å². The molecule has 1 aliphatic heterocycles. The van der Waals surface area contributed by atoms with Crippen molar-refractivity contribution in [2.45, 2.75) is 144 Å². The summed E-state index contributed by atoms with van der Waals surface area (Å²) in [5, 5.41) is 24.0. The molecule has 19 nitrogen and oxygen atoms in total. The zero-order chi connectivity index (χ0) is 51.6. The van der Waals surface area contributed by atoms with Gasteiger partial charge in [0, 0.05) is 69.3 Å². The Labute approximate surface area is 410 Å². The summed E-state index contributed by atoms with van der Waals surface area (Å²) in [6.07, 6.45) is 2.55. The molecule has 0 saturated heterocycles. The molecule has 1 aromatic rings. The highest BCUT2D eigenvalue weighted by atomic mass is 16.3. The van der Waals surface area contributed by atoms with E-state index in [1.807, 2.05) is 56.2 Å². The maximum Gasteiger partial charge on any atom is 0.237 e. The van der Waals surface area contributed by atoms with Gasteiger partial charge in [-0.2, -0.15) is 0 Å². The predicted octanol–water partition coefficient (Wildman–Crippen LogP) is 1.89. The minimum Gasteiger partial charge on any atom is -0.393 e. The summed E-state index contributed by atoms with van der Waals surface area (Å²) in [5.41, 5.74) is 12.8. The van der Waals surface area contributed by atoms with Crippen molar-refractivity contribution in [3.8, 4) is 0 Å². The fraction of sp³-hybridized carbons (Fsp3) is 0.680. The Morgan fingerprint density at radius 1 is 0.812 bits per heavy atom. The van der Waals surface area contributed by atoms with E-state index < -0.39 is 83.5 Å². The van der Waals surface area contributed by atoms with E-state index in [9.17, 15) is 43.5 Å². The quantitative estimate of drug-likeness (QED) is 0.0447. The number of benzene rings is 1. The van der Waals surface area contributed by atoms with Gasteiger partial charge in [-0.3, -0.25) is 43.4 Å². The van der Waals surface area contributed by atoms with Crippen molar-refractivity contribution in [1.82, 2.24) is 47.0 Å². The fourth-order valence-electron chi connectivity index (χ4n) is 8.11. The number of primary amides is 1. The van der Waals surface area contributed by atoms with Gasteiger partial charge in [0.05, 0.1) is 42.9 Å². The molecule has 2 unspecified atom stereocenters. The molecule has 9 N–H and O–H groups in total. The average Bonchev–Trinajstić information content (AvgIpc) is 3.73. The highest BCUT2D eigenvalue weighted by molar-refractivity contribution is 5.96. The largest absolute Gasteiger partial charge is 0.393 e. The molecule has 5 amide bonds. The number of nitrogens with two attached hydrogens (primary N) is 1. The number of hydrogen-bond acceptors (Lipinski definition) is 14. The van der Waals surface area contributed by atoms with Gasteiger partial charge in [0.25, 0.3) is 0 Å². The number of carbonyl (C=O) groups is 8. The van der Waals surface area contributed by atoms with Gasteiger partial charge < -0.3 is 47.3 Å². The molecule has 1 aliphatic rings. The number of hydrogen-bond donors (Lipinski definition) is 8. The molecule has 388 valence electrons. The van der Waals surface area contributed by atoms with Crippen molar-refractivity contribution in [3.63, 3.8) is 0 Å². The zero-order valence-corrected chi connectivity index (χ0v) is 42.7. The SMILES string of the molecule is CCN(CCCC[C@H](NC(=O)C(CC(=O)[C@H](C)NC(=O)[C@H](C)CC(=O)CC(C)C)Cc1ccccc1)C(=O)CC(C(=O)NCCC(=O)N(CC(N)=O)CC1=CN(CCCNC)NN1)[C@@H](C)O)C(C)C. The zero-order valence-electron chi connectivity index (χ0n) is 42.7. The van der Waals surface area contributed by atoms with E-state index in [2.05, 4.69) is 57.9 Å². The van der Waals surface area contributed by atoms with E-state index in [-0.39, 0.29) is 63.4 Å². The van der Waals surface area contributed by atoms with Crippen LogP contribution in [-0.2, 0) is 44.8 Å². The summed E-state index contributed by atoms with van der Waals surface area (Å²) in [6.45, 7) is 17.3. The summed E-state index contributed by atoms with van der Waals surface area (Å²) in [5.74, 6) is -6.40. The third-order valence-corrected chi connectivity index (χ3v) is 12.2. The summed E-state index contributed by atoms with van der Waals surface area (Å²) < 4.78 is 0. The second kappa shape index (κ2) is 31.8. The second-order valence-electron chi connectivity index (χ2n) is 19.1. The third-order valence-electron chi connectivity index (χ3n) is 12.2. The summed E-state index contributed by atoms with van der Waals surface area (Å²) in [7, 11) is 1.86. The van der Waals surface area contributed by atoms with Crippen LogP contribution in [0.1, 0.15) is 119 Å². The van der Waals surface area contributed by atoms with Crippen molar-refractivity contribution >= 4 is 46.9 Å². The van der Waals surface area contributed by atoms with E-state index in [0.29, 0.717) is 31.1 Å². The lowest BCUT2D eigenvalue weighted by atomic mass is 9.89. The smallest absolute Gasteiger partial charge is 0.237 e. The molecule has 0 aromatic heterocycles. The molecule has 1 aromatic carbocycles. The van der Waals surface area contributed by atoms with Gasteiger partial charge in [0.1, 0.15) is 5.78 Å². The van der Waals surface area contributed by atoms with Gasteiger partial charge in [-0.1, -0.05) is 58.0 Å². The summed E-state index contributed by atoms with van der Waals surface area (Å²) in [6, 6.07) is 7.42. The van der Waals surface area contributed by atoms with Crippen molar-refractivity contribution in [2.75, 3.05) is 52.9 Å². The number of aliphatic hydroxyl groups is 1. The highest BCUT2D eigenvalue weighted by Crippen LogP contribution is 2.20. The molecule has 0 bridgehead atoms. The lowest BCUT2D eigenvalue weighted by Gasteiger charge is -2.27. The number of amides is 5. The first kappa shape index (κ1) is 59.9. The number of rotatable bonds is 36. The first-order valence-electron chi connectivity index (χ1n) is 24.8. The highest BCUT2D eigenvalue weighted by Gasteiger charge is 2.34. The number of unbranched alkanes of at least 4 members (excludes halogenated alkanes) is 1. The number of carbonyl (C=O) groups excluding carboxylic acids is 8. The molecule has 0 spiro atoms. The number of aliphatic hydroxyl groups excluding tert-OH is 1. The number of ketones is 3. The average molecular weight is 969 g/mol. The Bertz CT molecular complexity index is 1840. The molecule has 2 rings (SSSR count). The van der Waals surface area contributed by atoms with E-state index in [4.69, 9.17) is 5.73 Å². The predicted molar refractivity (Wildman–Crippen MR) is 265 cm³/mol. The summed E-state index contributed by atoms with van der Waals surface area (Å²) >= 11 is 0. The Kier molecular flexibility index (Phi) is 27.6. The van der Waals surface area contributed by atoms with Crippen LogP contribution in [0.4, 0.5) is 0 Å². The van der Waals surface area contributed by atoms with E-state index in [0.717, 1.165) is 38.0 Å². The van der Waals surface area contributed by atoms with Crippen LogP contribution < -0.4 is 38.0 Å². The number of hydrazine groups is 2.